The van der Waals surface area contributed by atoms with Crippen molar-refractivity contribution in [3.8, 4) is 10.8 Å². The number of aromatic nitrogens is 4. The fourth-order valence-electron chi connectivity index (χ4n) is 6.94. The van der Waals surface area contributed by atoms with Crippen LogP contribution in [-0.4, -0.2) is 46.4 Å². The lowest BCUT2D eigenvalue weighted by Gasteiger charge is -2.42. The van der Waals surface area contributed by atoms with Gasteiger partial charge >= 0.3 is 20.0 Å². The van der Waals surface area contributed by atoms with E-state index in [9.17, 15) is 18.8 Å². The minimum atomic E-state index is -3.37. The molecule has 0 fully saturated rings. The molecule has 0 aliphatic heterocycles. The van der Waals surface area contributed by atoms with Crippen molar-refractivity contribution in [2.24, 2.45) is 0 Å². The van der Waals surface area contributed by atoms with Gasteiger partial charge in [-0.3, -0.25) is 14.2 Å². The van der Waals surface area contributed by atoms with Gasteiger partial charge in [-0.1, -0.05) is 92.8 Å². The second-order valence-corrected chi connectivity index (χ2v) is 19.3. The standard InChI is InChI=1S/C40H43FN4O6SSi/c1-26(2)50-33(31-23-28(41)19-20-32(31)49-7)24-44-38-35(27(3)37(52-38)45-22-14-21-42-45)36(47)43(39(44)48)25-34(46)51-53(40(4,5)6,29-15-10-8-11-16-29)30-17-12-9-13-18-30/h8-23,26,33H,24-25H2,1-7H3/t33-/m0/s1. The van der Waals surface area contributed by atoms with Crippen LogP contribution in [0, 0.1) is 12.7 Å². The van der Waals surface area contributed by atoms with Crippen LogP contribution in [0.15, 0.2) is 107 Å². The highest BCUT2D eigenvalue weighted by atomic mass is 32.1. The molecule has 0 aliphatic rings. The molecule has 10 nitrogen and oxygen atoms in total. The second kappa shape index (κ2) is 15.1. The number of thiophene rings is 1. The second-order valence-electron chi connectivity index (χ2n) is 14.1. The van der Waals surface area contributed by atoms with E-state index in [0.717, 1.165) is 14.9 Å². The van der Waals surface area contributed by atoms with Crippen molar-refractivity contribution in [1.29, 1.82) is 0 Å². The number of methoxy groups -OCH3 is 1. The maximum Gasteiger partial charge on any atom is 0.332 e. The van der Waals surface area contributed by atoms with E-state index in [-0.39, 0.29) is 18.0 Å². The van der Waals surface area contributed by atoms with Crippen LogP contribution in [0.25, 0.3) is 15.2 Å². The lowest BCUT2D eigenvalue weighted by atomic mass is 10.1. The van der Waals surface area contributed by atoms with Crippen LogP contribution in [0.2, 0.25) is 5.04 Å². The molecular formula is C40H43FN4O6SSi. The highest BCUT2D eigenvalue weighted by Gasteiger charge is 2.53. The van der Waals surface area contributed by atoms with Crippen molar-refractivity contribution in [2.75, 3.05) is 7.11 Å². The van der Waals surface area contributed by atoms with Gasteiger partial charge in [-0.2, -0.15) is 5.10 Å². The van der Waals surface area contributed by atoms with E-state index in [2.05, 4.69) is 5.10 Å². The first-order valence-electron chi connectivity index (χ1n) is 17.3. The molecule has 6 rings (SSSR count). The van der Waals surface area contributed by atoms with Crippen molar-refractivity contribution in [1.82, 2.24) is 18.9 Å². The Kier molecular flexibility index (Phi) is 10.7. The maximum absolute atomic E-state index is 14.7. The number of benzene rings is 3. The minimum absolute atomic E-state index is 0.115. The normalized spacial score (nSPS) is 12.7. The van der Waals surface area contributed by atoms with E-state index in [1.807, 2.05) is 95.3 Å². The molecule has 0 saturated carbocycles. The smallest absolute Gasteiger partial charge is 0.332 e. The molecule has 0 radical (unpaired) electrons. The SMILES string of the molecule is COc1ccc(F)cc1[C@H](Cn1c(=O)n(CC(=O)O[Si](c2ccccc2)(c2ccccc2)C(C)(C)C)c(=O)c2c(C)c(-n3cccn3)sc21)OC(C)C. The zero-order valence-corrected chi connectivity index (χ0v) is 32.6. The van der Waals surface area contributed by atoms with Gasteiger partial charge in [0.05, 0.1) is 25.1 Å². The Morgan fingerprint density at radius 3 is 2.13 bits per heavy atom. The Labute approximate surface area is 312 Å². The van der Waals surface area contributed by atoms with Crippen molar-refractivity contribution < 1.29 is 23.1 Å². The molecule has 53 heavy (non-hydrogen) atoms. The Hall–Kier alpha value is -5.11. The molecule has 0 aliphatic carbocycles. The van der Waals surface area contributed by atoms with Gasteiger partial charge in [-0.25, -0.2) is 18.4 Å². The van der Waals surface area contributed by atoms with Gasteiger partial charge in [-0.15, -0.1) is 0 Å². The third-order valence-corrected chi connectivity index (χ3v) is 15.5. The summed E-state index contributed by atoms with van der Waals surface area (Å²) in [6.07, 6.45) is 2.18. The number of aryl methyl sites for hydroxylation is 1. The molecule has 0 N–H and O–H groups in total. The Balaban J connectivity index is 1.53. The van der Waals surface area contributed by atoms with E-state index in [0.29, 0.717) is 26.7 Å². The molecular weight excluding hydrogens is 712 g/mol. The summed E-state index contributed by atoms with van der Waals surface area (Å²) in [6, 6.07) is 25.2. The van der Waals surface area contributed by atoms with Crippen LogP contribution in [0.3, 0.4) is 0 Å². The lowest BCUT2D eigenvalue weighted by molar-refractivity contribution is -0.136. The molecule has 0 saturated heterocycles. The molecule has 0 bridgehead atoms. The van der Waals surface area contributed by atoms with Gasteiger partial charge < -0.3 is 13.9 Å². The molecule has 276 valence electrons. The summed E-state index contributed by atoms with van der Waals surface area (Å²) in [4.78, 5) is 43.9. The topological polar surface area (TPSA) is 107 Å². The summed E-state index contributed by atoms with van der Waals surface area (Å²) in [7, 11) is -1.89. The Bertz CT molecular complexity index is 2310. The number of carbonyl (C=O) groups excluding carboxylic acids is 1. The third kappa shape index (κ3) is 7.16. The van der Waals surface area contributed by atoms with Gasteiger partial charge in [0.1, 0.15) is 34.0 Å². The van der Waals surface area contributed by atoms with Crippen LogP contribution < -0.4 is 26.4 Å². The summed E-state index contributed by atoms with van der Waals surface area (Å²) in [6.45, 7) is 10.8. The zero-order valence-electron chi connectivity index (χ0n) is 30.8. The molecule has 6 aromatic rings. The first-order chi connectivity index (χ1) is 25.3. The zero-order chi connectivity index (χ0) is 38.1. The van der Waals surface area contributed by atoms with E-state index in [4.69, 9.17) is 13.9 Å². The molecule has 1 atom stereocenters. The monoisotopic (exact) mass is 754 g/mol. The van der Waals surface area contributed by atoms with Crippen LogP contribution >= 0.6 is 11.3 Å². The Morgan fingerprint density at radius 2 is 1.58 bits per heavy atom. The number of carbonyl (C=O) groups is 1. The maximum atomic E-state index is 14.7. The fourth-order valence-corrected chi connectivity index (χ4v) is 12.5. The lowest BCUT2D eigenvalue weighted by Crippen LogP contribution is -2.67. The number of halogens is 1. The van der Waals surface area contributed by atoms with Gasteiger partial charge in [0, 0.05) is 23.5 Å². The first kappa shape index (κ1) is 37.6. The summed E-state index contributed by atoms with van der Waals surface area (Å²) < 4.78 is 37.3. The molecule has 3 heterocycles. The molecule has 0 amide bonds. The van der Waals surface area contributed by atoms with Gasteiger partial charge in [0.15, 0.2) is 0 Å². The van der Waals surface area contributed by atoms with Crippen molar-refractivity contribution in [2.45, 2.75) is 71.9 Å². The summed E-state index contributed by atoms with van der Waals surface area (Å²) in [5.74, 6) is -0.839. The van der Waals surface area contributed by atoms with Gasteiger partial charge in [0.25, 0.3) is 5.56 Å². The predicted molar refractivity (Wildman–Crippen MR) is 208 cm³/mol. The molecule has 3 aromatic heterocycles. The van der Waals surface area contributed by atoms with E-state index in [1.54, 1.807) is 30.1 Å². The van der Waals surface area contributed by atoms with Crippen LogP contribution in [0.1, 0.15) is 51.8 Å². The minimum Gasteiger partial charge on any atom is -0.508 e. The van der Waals surface area contributed by atoms with Crippen LogP contribution in [-0.2, 0) is 27.0 Å². The molecule has 13 heteroatoms. The van der Waals surface area contributed by atoms with Crippen LogP contribution in [0.4, 0.5) is 4.39 Å². The van der Waals surface area contributed by atoms with Gasteiger partial charge in [-0.05, 0) is 60.4 Å². The predicted octanol–water partition coefficient (Wildman–Crippen LogP) is 6.14. The Morgan fingerprint density at radius 1 is 0.943 bits per heavy atom. The number of fused-ring (bicyclic) bond motifs is 1. The average molecular weight is 755 g/mol. The summed E-state index contributed by atoms with van der Waals surface area (Å²) >= 11 is 1.22. The average Bonchev–Trinajstić information content (AvgIpc) is 3.78. The van der Waals surface area contributed by atoms with E-state index < -0.39 is 49.0 Å². The number of hydrogen-bond donors (Lipinski definition) is 0. The fraction of sp³-hybridized carbons (Fsp3) is 0.300. The summed E-state index contributed by atoms with van der Waals surface area (Å²) in [5.41, 5.74) is -0.378. The number of rotatable bonds is 12. The summed E-state index contributed by atoms with van der Waals surface area (Å²) in [5, 5.41) is 6.49. The number of ether oxygens (including phenoxy) is 2. The van der Waals surface area contributed by atoms with E-state index >= 15 is 0 Å². The molecule has 3 aromatic carbocycles. The molecule has 0 spiro atoms. The van der Waals surface area contributed by atoms with Crippen molar-refractivity contribution >= 4 is 46.2 Å². The number of hydrogen-bond acceptors (Lipinski definition) is 8. The third-order valence-electron chi connectivity index (χ3n) is 9.28. The highest BCUT2D eigenvalue weighted by molar-refractivity contribution is 7.21. The number of nitrogens with zero attached hydrogens (tertiary/aromatic N) is 4. The molecule has 0 unspecified atom stereocenters. The van der Waals surface area contributed by atoms with E-state index in [1.165, 1.54) is 41.2 Å². The van der Waals surface area contributed by atoms with Gasteiger partial charge in [0.2, 0.25) is 0 Å². The largest absolute Gasteiger partial charge is 0.508 e. The first-order valence-corrected chi connectivity index (χ1v) is 20.1. The quantitative estimate of drug-likeness (QED) is 0.138. The van der Waals surface area contributed by atoms with Crippen LogP contribution in [0.5, 0.6) is 5.75 Å². The van der Waals surface area contributed by atoms with Crippen molar-refractivity contribution in [3.63, 3.8) is 0 Å². The van der Waals surface area contributed by atoms with Crippen molar-refractivity contribution in [3.05, 3.63) is 135 Å². The highest BCUT2D eigenvalue weighted by Crippen LogP contribution is 2.37.